The molecule has 3 heterocycles. The lowest BCUT2D eigenvalue weighted by atomic mass is 10.1. The molecule has 0 atom stereocenters. The van der Waals surface area contributed by atoms with Crippen LogP contribution in [-0.4, -0.2) is 4.57 Å². The molecule has 0 radical (unpaired) electrons. The molecule has 8 aromatic rings. The molecule has 8 rings (SSSR count). The summed E-state index contributed by atoms with van der Waals surface area (Å²) in [6, 6.07) is 34.6. The maximum absolute atomic E-state index is 6.48. The summed E-state index contributed by atoms with van der Waals surface area (Å²) in [6.07, 6.45) is 0. The Kier molecular flexibility index (Phi) is 3.71. The summed E-state index contributed by atoms with van der Waals surface area (Å²) in [5.41, 5.74) is 5.24. The summed E-state index contributed by atoms with van der Waals surface area (Å²) in [7, 11) is 0. The Hall–Kier alpha value is -3.60. The van der Waals surface area contributed by atoms with E-state index in [9.17, 15) is 0 Å². The Bertz CT molecular complexity index is 2090. The Morgan fingerprint density at radius 2 is 1.38 bits per heavy atom. The molecule has 0 aliphatic rings. The second kappa shape index (κ2) is 6.72. The van der Waals surface area contributed by atoms with Crippen LogP contribution in [0.15, 0.2) is 106 Å². The molecular formula is C30H16BrNOS. The predicted molar refractivity (Wildman–Crippen MR) is 149 cm³/mol. The number of nitrogens with zero attached hydrogens (tertiary/aromatic N) is 1. The monoisotopic (exact) mass is 517 g/mol. The van der Waals surface area contributed by atoms with Gasteiger partial charge in [0.25, 0.3) is 0 Å². The number of thiophene rings is 1. The SMILES string of the molecule is Brc1cccc2oc3c(-n4c5ccccc5c5c6c(ccc54)sc4ccccc46)cccc3c12. The fourth-order valence-electron chi connectivity index (χ4n) is 5.50. The van der Waals surface area contributed by atoms with Crippen molar-refractivity contribution in [2.75, 3.05) is 0 Å². The van der Waals surface area contributed by atoms with Gasteiger partial charge in [0, 0.05) is 46.2 Å². The van der Waals surface area contributed by atoms with E-state index in [0.29, 0.717) is 0 Å². The summed E-state index contributed by atoms with van der Waals surface area (Å²) in [5, 5.41) is 7.47. The number of fused-ring (bicyclic) bond motifs is 10. The zero-order valence-electron chi connectivity index (χ0n) is 17.9. The topological polar surface area (TPSA) is 18.1 Å². The van der Waals surface area contributed by atoms with Crippen molar-refractivity contribution in [2.45, 2.75) is 0 Å². The van der Waals surface area contributed by atoms with E-state index in [1.165, 1.54) is 42.0 Å². The van der Waals surface area contributed by atoms with Crippen molar-refractivity contribution in [2.24, 2.45) is 0 Å². The highest BCUT2D eigenvalue weighted by atomic mass is 79.9. The third kappa shape index (κ3) is 2.34. The van der Waals surface area contributed by atoms with Crippen molar-refractivity contribution < 1.29 is 4.42 Å². The van der Waals surface area contributed by atoms with Gasteiger partial charge in [-0.05, 0) is 42.5 Å². The molecule has 2 nitrogen and oxygen atoms in total. The van der Waals surface area contributed by atoms with Crippen molar-refractivity contribution in [1.29, 1.82) is 0 Å². The Labute approximate surface area is 206 Å². The van der Waals surface area contributed by atoms with Gasteiger partial charge in [-0.1, -0.05) is 70.5 Å². The number of aromatic nitrogens is 1. The predicted octanol–water partition coefficient (Wildman–Crippen LogP) is 9.81. The first kappa shape index (κ1) is 18.8. The Morgan fingerprint density at radius 1 is 0.588 bits per heavy atom. The van der Waals surface area contributed by atoms with Crippen LogP contribution in [0.3, 0.4) is 0 Å². The fourth-order valence-corrected chi connectivity index (χ4v) is 7.18. The maximum Gasteiger partial charge on any atom is 0.159 e. The smallest absolute Gasteiger partial charge is 0.159 e. The van der Waals surface area contributed by atoms with Gasteiger partial charge in [0.15, 0.2) is 5.58 Å². The highest BCUT2D eigenvalue weighted by Gasteiger charge is 2.20. The van der Waals surface area contributed by atoms with E-state index in [0.717, 1.165) is 32.1 Å². The van der Waals surface area contributed by atoms with Gasteiger partial charge in [-0.3, -0.25) is 0 Å². The van der Waals surface area contributed by atoms with Crippen LogP contribution in [0.1, 0.15) is 0 Å². The average molecular weight is 518 g/mol. The molecular weight excluding hydrogens is 502 g/mol. The van der Waals surface area contributed by atoms with Gasteiger partial charge in [-0.15, -0.1) is 11.3 Å². The number of para-hydroxylation sites is 2. The summed E-state index contributed by atoms with van der Waals surface area (Å²) < 4.78 is 12.5. The summed E-state index contributed by atoms with van der Waals surface area (Å²) >= 11 is 5.59. The van der Waals surface area contributed by atoms with Gasteiger partial charge in [-0.25, -0.2) is 0 Å². The molecule has 0 amide bonds. The number of benzene rings is 5. The molecule has 0 aliphatic heterocycles. The Balaban J connectivity index is 1.60. The number of hydrogen-bond donors (Lipinski definition) is 0. The lowest BCUT2D eigenvalue weighted by Gasteiger charge is -2.08. The molecule has 34 heavy (non-hydrogen) atoms. The highest BCUT2D eigenvalue weighted by Crippen LogP contribution is 2.44. The average Bonchev–Trinajstić information content (AvgIpc) is 3.53. The zero-order chi connectivity index (χ0) is 22.4. The van der Waals surface area contributed by atoms with Crippen LogP contribution in [0.5, 0.6) is 0 Å². The van der Waals surface area contributed by atoms with E-state index in [2.05, 4.69) is 105 Å². The first-order valence-corrected chi connectivity index (χ1v) is 12.8. The second-order valence-electron chi connectivity index (χ2n) is 8.65. The maximum atomic E-state index is 6.48. The second-order valence-corrected chi connectivity index (χ2v) is 10.6. The number of furan rings is 1. The molecule has 4 heteroatoms. The van der Waals surface area contributed by atoms with Crippen LogP contribution >= 0.6 is 27.3 Å². The number of rotatable bonds is 1. The van der Waals surface area contributed by atoms with Gasteiger partial charge in [-0.2, -0.15) is 0 Å². The standard InChI is InChI=1S/C30H16BrNOS/c31-20-10-6-13-24-27(20)19-9-5-12-23(30(19)33-24)32-21-11-3-1-7-17(21)28-22(32)15-16-26-29(28)18-8-2-4-14-25(18)34-26/h1-16H. The summed E-state index contributed by atoms with van der Waals surface area (Å²) in [5.74, 6) is 0. The van der Waals surface area contributed by atoms with E-state index in [-0.39, 0.29) is 0 Å². The van der Waals surface area contributed by atoms with E-state index in [4.69, 9.17) is 4.42 Å². The largest absolute Gasteiger partial charge is 0.454 e. The van der Waals surface area contributed by atoms with E-state index >= 15 is 0 Å². The van der Waals surface area contributed by atoms with E-state index in [1.54, 1.807) is 0 Å². The lowest BCUT2D eigenvalue weighted by Crippen LogP contribution is -1.94. The van der Waals surface area contributed by atoms with Crippen molar-refractivity contribution in [1.82, 2.24) is 4.57 Å². The Morgan fingerprint density at radius 3 is 2.32 bits per heavy atom. The van der Waals surface area contributed by atoms with Crippen molar-refractivity contribution in [3.05, 3.63) is 102 Å². The van der Waals surface area contributed by atoms with Crippen molar-refractivity contribution in [3.8, 4) is 5.69 Å². The molecule has 0 N–H and O–H groups in total. The van der Waals surface area contributed by atoms with Crippen LogP contribution in [0.2, 0.25) is 0 Å². The molecule has 0 bridgehead atoms. The third-order valence-electron chi connectivity index (χ3n) is 6.87. The van der Waals surface area contributed by atoms with Gasteiger partial charge in [0.1, 0.15) is 5.58 Å². The molecule has 0 saturated heterocycles. The van der Waals surface area contributed by atoms with Gasteiger partial charge >= 0.3 is 0 Å². The van der Waals surface area contributed by atoms with Crippen molar-refractivity contribution in [3.63, 3.8) is 0 Å². The minimum Gasteiger partial charge on any atom is -0.454 e. The van der Waals surface area contributed by atoms with Crippen LogP contribution in [0, 0.1) is 0 Å². The number of hydrogen-bond acceptors (Lipinski definition) is 2. The minimum absolute atomic E-state index is 0.892. The van der Waals surface area contributed by atoms with Crippen LogP contribution in [0.4, 0.5) is 0 Å². The molecule has 0 fully saturated rings. The molecule has 160 valence electrons. The summed E-state index contributed by atoms with van der Waals surface area (Å²) in [4.78, 5) is 0. The molecule has 3 aromatic heterocycles. The van der Waals surface area contributed by atoms with Crippen LogP contribution in [0.25, 0.3) is 69.6 Å². The zero-order valence-corrected chi connectivity index (χ0v) is 20.3. The lowest BCUT2D eigenvalue weighted by molar-refractivity contribution is 0.666. The van der Waals surface area contributed by atoms with Gasteiger partial charge in [0.2, 0.25) is 0 Å². The molecule has 0 spiro atoms. The minimum atomic E-state index is 0.892. The number of halogens is 1. The molecule has 0 aliphatic carbocycles. The van der Waals surface area contributed by atoms with Crippen molar-refractivity contribution >= 4 is 91.2 Å². The first-order chi connectivity index (χ1) is 16.8. The molecule has 0 saturated carbocycles. The quantitative estimate of drug-likeness (QED) is 0.212. The van der Waals surface area contributed by atoms with Gasteiger partial charge in [0.05, 0.1) is 16.7 Å². The molecule has 5 aromatic carbocycles. The molecule has 0 unspecified atom stereocenters. The van der Waals surface area contributed by atoms with E-state index < -0.39 is 0 Å². The van der Waals surface area contributed by atoms with Gasteiger partial charge < -0.3 is 8.98 Å². The third-order valence-corrected chi connectivity index (χ3v) is 8.67. The van der Waals surface area contributed by atoms with Crippen LogP contribution in [-0.2, 0) is 0 Å². The summed E-state index contributed by atoms with van der Waals surface area (Å²) in [6.45, 7) is 0. The highest BCUT2D eigenvalue weighted by molar-refractivity contribution is 9.10. The normalized spacial score (nSPS) is 12.3. The van der Waals surface area contributed by atoms with E-state index in [1.807, 2.05) is 23.5 Å². The van der Waals surface area contributed by atoms with Crippen LogP contribution < -0.4 is 0 Å². The first-order valence-electron chi connectivity index (χ1n) is 11.2. The fraction of sp³-hybridized carbons (Fsp3) is 0.